The summed E-state index contributed by atoms with van der Waals surface area (Å²) in [6.07, 6.45) is -0.399. The monoisotopic (exact) mass is 472 g/mol. The van der Waals surface area contributed by atoms with Crippen LogP contribution in [0.2, 0.25) is 0 Å². The van der Waals surface area contributed by atoms with Crippen LogP contribution in [0.1, 0.15) is 77.6 Å². The van der Waals surface area contributed by atoms with Crippen molar-refractivity contribution in [2.75, 3.05) is 6.54 Å². The van der Waals surface area contributed by atoms with E-state index >= 15 is 0 Å². The maximum atomic E-state index is 13.8. The lowest BCUT2D eigenvalue weighted by Crippen LogP contribution is -2.54. The van der Waals surface area contributed by atoms with Gasteiger partial charge in [-0.2, -0.15) is 5.26 Å². The van der Waals surface area contributed by atoms with Crippen molar-refractivity contribution in [1.29, 1.82) is 5.26 Å². The molecule has 8 nitrogen and oxygen atoms in total. The van der Waals surface area contributed by atoms with Crippen molar-refractivity contribution in [2.45, 2.75) is 92.5 Å². The Morgan fingerprint density at radius 2 is 1.59 bits per heavy atom. The molecule has 0 aliphatic rings. The minimum atomic E-state index is -1.02. The molecule has 0 saturated carbocycles. The molecule has 188 valence electrons. The summed E-state index contributed by atoms with van der Waals surface area (Å²) in [5.74, 6) is -0.828. The molecule has 1 aromatic rings. The van der Waals surface area contributed by atoms with Gasteiger partial charge in [-0.05, 0) is 66.4 Å². The van der Waals surface area contributed by atoms with Crippen LogP contribution < -0.4 is 10.6 Å². The molecule has 0 heterocycles. The number of nitriles is 1. The van der Waals surface area contributed by atoms with E-state index in [0.717, 1.165) is 11.1 Å². The predicted molar refractivity (Wildman–Crippen MR) is 132 cm³/mol. The predicted octanol–water partition coefficient (Wildman–Crippen LogP) is 4.16. The van der Waals surface area contributed by atoms with Gasteiger partial charge in [0, 0.05) is 6.04 Å². The van der Waals surface area contributed by atoms with Crippen molar-refractivity contribution < 1.29 is 19.1 Å². The van der Waals surface area contributed by atoms with Crippen LogP contribution in [0.3, 0.4) is 0 Å². The quantitative estimate of drug-likeness (QED) is 0.524. The molecule has 0 bridgehead atoms. The molecule has 34 heavy (non-hydrogen) atoms. The number of ether oxygens (including phenoxy) is 1. The Morgan fingerprint density at radius 1 is 1.03 bits per heavy atom. The fourth-order valence-corrected chi connectivity index (χ4v) is 3.72. The number of hydrogen-bond donors (Lipinski definition) is 2. The Balaban J connectivity index is 3.49. The molecule has 0 spiro atoms. The van der Waals surface area contributed by atoms with Crippen molar-refractivity contribution in [3.63, 3.8) is 0 Å². The Hall–Kier alpha value is -3.08. The maximum Gasteiger partial charge on any atom is 0.408 e. The summed E-state index contributed by atoms with van der Waals surface area (Å²) in [5, 5.41) is 15.1. The summed E-state index contributed by atoms with van der Waals surface area (Å²) in [7, 11) is 0. The minimum Gasteiger partial charge on any atom is -0.444 e. The standard InChI is InChI=1S/C26H40N4O4/c1-16(2)12-21(29-25(33)34-26(7,8)9)24(32)30(11-10-27)22(23(31)28-17(3)4)20-14-18(5)13-19(6)15-20/h13-17,21-22H,11-12H2,1-9H3,(H,28,31)(H,29,33). The first-order valence-electron chi connectivity index (χ1n) is 11.7. The molecule has 3 amide bonds. The molecular weight excluding hydrogens is 432 g/mol. The lowest BCUT2D eigenvalue weighted by Gasteiger charge is -2.34. The van der Waals surface area contributed by atoms with Crippen molar-refractivity contribution in [1.82, 2.24) is 15.5 Å². The average Bonchev–Trinajstić information content (AvgIpc) is 2.63. The van der Waals surface area contributed by atoms with Gasteiger partial charge in [-0.1, -0.05) is 43.2 Å². The zero-order valence-electron chi connectivity index (χ0n) is 22.0. The molecule has 0 saturated heterocycles. The number of alkyl carbamates (subject to hydrolysis) is 1. The largest absolute Gasteiger partial charge is 0.444 e. The molecule has 2 unspecified atom stereocenters. The van der Waals surface area contributed by atoms with E-state index in [1.54, 1.807) is 20.8 Å². The topological polar surface area (TPSA) is 112 Å². The van der Waals surface area contributed by atoms with Gasteiger partial charge in [0.25, 0.3) is 0 Å². The number of carbonyl (C=O) groups excluding carboxylic acids is 3. The summed E-state index contributed by atoms with van der Waals surface area (Å²) in [4.78, 5) is 40.8. The third kappa shape index (κ3) is 9.42. The Bertz CT molecular complexity index is 892. The fourth-order valence-electron chi connectivity index (χ4n) is 3.72. The van der Waals surface area contributed by atoms with E-state index in [1.165, 1.54) is 4.90 Å². The second kappa shape index (κ2) is 12.4. The van der Waals surface area contributed by atoms with Crippen molar-refractivity contribution in [3.8, 4) is 6.07 Å². The number of hydrogen-bond acceptors (Lipinski definition) is 5. The molecule has 1 rings (SSSR count). The SMILES string of the molecule is Cc1cc(C)cc(C(C(=O)NC(C)C)N(CC#N)C(=O)C(CC(C)C)NC(=O)OC(C)(C)C)c1. The van der Waals surface area contributed by atoms with Gasteiger partial charge in [-0.15, -0.1) is 0 Å². The lowest BCUT2D eigenvalue weighted by molar-refractivity contribution is -0.142. The van der Waals surface area contributed by atoms with E-state index < -0.39 is 29.7 Å². The first kappa shape index (κ1) is 29.0. The van der Waals surface area contributed by atoms with Crippen LogP contribution in [0.15, 0.2) is 18.2 Å². The number of rotatable bonds is 9. The third-order valence-electron chi connectivity index (χ3n) is 4.77. The number of nitrogens with zero attached hydrogens (tertiary/aromatic N) is 2. The zero-order valence-corrected chi connectivity index (χ0v) is 22.0. The molecular formula is C26H40N4O4. The normalized spacial score (nSPS) is 13.1. The van der Waals surface area contributed by atoms with Gasteiger partial charge in [0.2, 0.25) is 11.8 Å². The highest BCUT2D eigenvalue weighted by Gasteiger charge is 2.36. The Labute approximate surface area is 204 Å². The van der Waals surface area contributed by atoms with Crippen LogP contribution in [-0.2, 0) is 14.3 Å². The zero-order chi connectivity index (χ0) is 26.2. The number of carbonyl (C=O) groups is 3. The highest BCUT2D eigenvalue weighted by molar-refractivity contribution is 5.92. The van der Waals surface area contributed by atoms with Gasteiger partial charge in [0.05, 0.1) is 6.07 Å². The fraction of sp³-hybridized carbons (Fsp3) is 0.615. The van der Waals surface area contributed by atoms with Crippen LogP contribution in [0, 0.1) is 31.1 Å². The van der Waals surface area contributed by atoms with Crippen molar-refractivity contribution in [3.05, 3.63) is 34.9 Å². The molecule has 0 aromatic heterocycles. The Kier molecular flexibility index (Phi) is 10.6. The van der Waals surface area contributed by atoms with Crippen LogP contribution >= 0.6 is 0 Å². The second-order valence-electron chi connectivity index (χ2n) is 10.4. The van der Waals surface area contributed by atoms with Crippen LogP contribution in [0.4, 0.5) is 4.79 Å². The van der Waals surface area contributed by atoms with Gasteiger partial charge in [-0.25, -0.2) is 4.79 Å². The summed E-state index contributed by atoms with van der Waals surface area (Å²) in [6, 6.07) is 5.53. The number of aryl methyl sites for hydroxylation is 2. The van der Waals surface area contributed by atoms with Crippen molar-refractivity contribution in [2.24, 2.45) is 5.92 Å². The van der Waals surface area contributed by atoms with Gasteiger partial charge < -0.3 is 20.3 Å². The van der Waals surface area contributed by atoms with E-state index in [2.05, 4.69) is 10.6 Å². The maximum absolute atomic E-state index is 13.8. The van der Waals surface area contributed by atoms with Gasteiger partial charge in [0.1, 0.15) is 24.2 Å². The number of nitrogens with one attached hydrogen (secondary N) is 2. The minimum absolute atomic E-state index is 0.0666. The van der Waals surface area contributed by atoms with E-state index in [-0.39, 0.29) is 24.4 Å². The van der Waals surface area contributed by atoms with E-state index in [0.29, 0.717) is 12.0 Å². The molecule has 8 heteroatoms. The van der Waals surface area contributed by atoms with Gasteiger partial charge in [0.15, 0.2) is 0 Å². The molecule has 2 N–H and O–H groups in total. The third-order valence-corrected chi connectivity index (χ3v) is 4.77. The average molecular weight is 473 g/mol. The smallest absolute Gasteiger partial charge is 0.408 e. The first-order chi connectivity index (χ1) is 15.6. The number of benzene rings is 1. The van der Waals surface area contributed by atoms with E-state index in [4.69, 9.17) is 4.74 Å². The van der Waals surface area contributed by atoms with Crippen LogP contribution in [-0.4, -0.2) is 47.0 Å². The van der Waals surface area contributed by atoms with Gasteiger partial charge in [-0.3, -0.25) is 9.59 Å². The summed E-state index contributed by atoms with van der Waals surface area (Å²) >= 11 is 0. The molecule has 0 fully saturated rings. The highest BCUT2D eigenvalue weighted by Crippen LogP contribution is 2.26. The van der Waals surface area contributed by atoms with Gasteiger partial charge >= 0.3 is 6.09 Å². The van der Waals surface area contributed by atoms with Crippen LogP contribution in [0.5, 0.6) is 0 Å². The first-order valence-corrected chi connectivity index (χ1v) is 11.7. The summed E-state index contributed by atoms with van der Waals surface area (Å²) < 4.78 is 5.35. The van der Waals surface area contributed by atoms with E-state index in [9.17, 15) is 19.6 Å². The number of amides is 3. The Morgan fingerprint density at radius 3 is 2.03 bits per heavy atom. The lowest BCUT2D eigenvalue weighted by atomic mass is 9.97. The molecule has 0 aliphatic carbocycles. The molecule has 1 aromatic carbocycles. The van der Waals surface area contributed by atoms with E-state index in [1.807, 2.05) is 65.8 Å². The highest BCUT2D eigenvalue weighted by atomic mass is 16.6. The molecule has 0 aliphatic heterocycles. The summed E-state index contributed by atoms with van der Waals surface area (Å²) in [5.41, 5.74) is 1.75. The van der Waals surface area contributed by atoms with Crippen molar-refractivity contribution >= 4 is 17.9 Å². The second-order valence-corrected chi connectivity index (χ2v) is 10.4. The van der Waals surface area contributed by atoms with Crippen LogP contribution in [0.25, 0.3) is 0 Å². The molecule has 2 atom stereocenters. The molecule has 0 radical (unpaired) electrons. The summed E-state index contributed by atoms with van der Waals surface area (Å²) in [6.45, 7) is 16.2.